The number of Topliss-reactive ketones (excluding diaryl/α,β-unsaturated/α-hetero) is 1. The SMILES string of the molecule is COC(=O)c1ccc(C2C(C(C)=O)=C(C)Nc3nc(SCc4ccccc4)nn32)cc1. The summed E-state index contributed by atoms with van der Waals surface area (Å²) in [6.07, 6.45) is 0. The maximum atomic E-state index is 12.5. The maximum Gasteiger partial charge on any atom is 0.337 e. The van der Waals surface area contributed by atoms with Gasteiger partial charge in [0.05, 0.1) is 12.7 Å². The van der Waals surface area contributed by atoms with Gasteiger partial charge in [-0.1, -0.05) is 54.2 Å². The standard InChI is InChI=1S/C23H22N4O3S/c1-14-19(15(2)28)20(17-9-11-18(12-10-17)21(29)30-3)27-22(24-14)25-23(26-27)31-13-16-7-5-4-6-8-16/h4-12,20H,13H2,1-3H3,(H,24,25,26). The number of methoxy groups -OCH3 is 1. The highest BCUT2D eigenvalue weighted by Crippen LogP contribution is 2.36. The fourth-order valence-electron chi connectivity index (χ4n) is 3.60. The Kier molecular flexibility index (Phi) is 5.90. The van der Waals surface area contributed by atoms with Gasteiger partial charge in [-0.3, -0.25) is 4.79 Å². The molecule has 0 aliphatic carbocycles. The van der Waals surface area contributed by atoms with Crippen LogP contribution >= 0.6 is 11.8 Å². The molecular weight excluding hydrogens is 412 g/mol. The number of carbonyl (C=O) groups is 2. The van der Waals surface area contributed by atoms with Crippen molar-refractivity contribution in [3.63, 3.8) is 0 Å². The molecule has 1 unspecified atom stereocenters. The summed E-state index contributed by atoms with van der Waals surface area (Å²) in [5.41, 5.74) is 3.83. The second-order valence-electron chi connectivity index (χ2n) is 7.17. The highest BCUT2D eigenvalue weighted by molar-refractivity contribution is 7.98. The molecule has 1 aromatic heterocycles. The average molecular weight is 435 g/mol. The van der Waals surface area contributed by atoms with Crippen LogP contribution in [0.25, 0.3) is 0 Å². The van der Waals surface area contributed by atoms with Crippen molar-refractivity contribution in [2.24, 2.45) is 0 Å². The zero-order valence-electron chi connectivity index (χ0n) is 17.5. The Morgan fingerprint density at radius 1 is 1.13 bits per heavy atom. The fourth-order valence-corrected chi connectivity index (χ4v) is 4.38. The number of ether oxygens (including phenoxy) is 1. The number of esters is 1. The first-order chi connectivity index (χ1) is 15.0. The molecule has 1 aliphatic heterocycles. The van der Waals surface area contributed by atoms with Gasteiger partial charge < -0.3 is 10.1 Å². The van der Waals surface area contributed by atoms with Crippen molar-refractivity contribution in [1.29, 1.82) is 0 Å². The number of allylic oxidation sites excluding steroid dienone is 2. The van der Waals surface area contributed by atoms with Crippen LogP contribution in [0.3, 0.4) is 0 Å². The van der Waals surface area contributed by atoms with E-state index in [1.54, 1.807) is 23.7 Å². The van der Waals surface area contributed by atoms with Crippen molar-refractivity contribution < 1.29 is 14.3 Å². The minimum Gasteiger partial charge on any atom is -0.465 e. The normalized spacial score (nSPS) is 15.3. The molecule has 0 amide bonds. The average Bonchev–Trinajstić information content (AvgIpc) is 3.19. The highest BCUT2D eigenvalue weighted by atomic mass is 32.2. The van der Waals surface area contributed by atoms with E-state index in [1.165, 1.54) is 24.4 Å². The smallest absolute Gasteiger partial charge is 0.337 e. The molecule has 0 radical (unpaired) electrons. The number of anilines is 1. The number of thioether (sulfide) groups is 1. The summed E-state index contributed by atoms with van der Waals surface area (Å²) in [6.45, 7) is 3.41. The van der Waals surface area contributed by atoms with Crippen LogP contribution < -0.4 is 5.32 Å². The van der Waals surface area contributed by atoms with Gasteiger partial charge in [0.2, 0.25) is 11.1 Å². The molecule has 0 fully saturated rings. The molecule has 2 heterocycles. The summed E-state index contributed by atoms with van der Waals surface area (Å²) in [5.74, 6) is 0.873. The minimum atomic E-state index is -0.431. The maximum absolute atomic E-state index is 12.5. The Labute approximate surface area is 184 Å². The molecule has 0 saturated heterocycles. The third-order valence-corrected chi connectivity index (χ3v) is 5.98. The van der Waals surface area contributed by atoms with Gasteiger partial charge in [0.15, 0.2) is 5.78 Å². The first-order valence-corrected chi connectivity index (χ1v) is 10.8. The zero-order chi connectivity index (χ0) is 22.0. The van der Waals surface area contributed by atoms with E-state index in [0.29, 0.717) is 22.2 Å². The molecule has 0 spiro atoms. The van der Waals surface area contributed by atoms with E-state index in [0.717, 1.165) is 17.0 Å². The third-order valence-electron chi connectivity index (χ3n) is 5.07. The van der Waals surface area contributed by atoms with E-state index in [-0.39, 0.29) is 5.78 Å². The molecule has 1 aliphatic rings. The molecule has 2 aromatic carbocycles. The van der Waals surface area contributed by atoms with E-state index < -0.39 is 12.0 Å². The summed E-state index contributed by atoms with van der Waals surface area (Å²) >= 11 is 1.54. The lowest BCUT2D eigenvalue weighted by Gasteiger charge is -2.28. The molecule has 0 bridgehead atoms. The number of ketones is 1. The number of hydrogen-bond donors (Lipinski definition) is 1. The van der Waals surface area contributed by atoms with E-state index in [1.807, 2.05) is 37.3 Å². The number of hydrogen-bond acceptors (Lipinski definition) is 7. The summed E-state index contributed by atoms with van der Waals surface area (Å²) in [7, 11) is 1.35. The van der Waals surface area contributed by atoms with E-state index in [9.17, 15) is 9.59 Å². The number of benzene rings is 2. The van der Waals surface area contributed by atoms with Crippen molar-refractivity contribution in [3.05, 3.63) is 82.6 Å². The molecular formula is C23H22N4O3S. The predicted octanol–water partition coefficient (Wildman–Crippen LogP) is 4.23. The molecule has 31 heavy (non-hydrogen) atoms. The monoisotopic (exact) mass is 434 g/mol. The Bertz CT molecular complexity index is 1150. The van der Waals surface area contributed by atoms with Gasteiger partial charge in [0.1, 0.15) is 6.04 Å². The predicted molar refractivity (Wildman–Crippen MR) is 119 cm³/mol. The Hall–Kier alpha value is -3.39. The van der Waals surface area contributed by atoms with Crippen LogP contribution in [0.2, 0.25) is 0 Å². The molecule has 1 atom stereocenters. The van der Waals surface area contributed by atoms with E-state index in [4.69, 9.17) is 9.84 Å². The van der Waals surface area contributed by atoms with Gasteiger partial charge in [0.25, 0.3) is 0 Å². The molecule has 158 valence electrons. The molecule has 0 saturated carbocycles. The van der Waals surface area contributed by atoms with Crippen LogP contribution in [0.15, 0.2) is 71.0 Å². The van der Waals surface area contributed by atoms with Crippen LogP contribution in [-0.4, -0.2) is 33.6 Å². The Morgan fingerprint density at radius 2 is 1.84 bits per heavy atom. The quantitative estimate of drug-likeness (QED) is 0.459. The summed E-state index contributed by atoms with van der Waals surface area (Å²) in [6, 6.07) is 16.7. The van der Waals surface area contributed by atoms with E-state index in [2.05, 4.69) is 22.4 Å². The molecule has 1 N–H and O–H groups in total. The number of rotatable bonds is 6. The summed E-state index contributed by atoms with van der Waals surface area (Å²) < 4.78 is 6.52. The lowest BCUT2D eigenvalue weighted by molar-refractivity contribution is -0.114. The molecule has 7 nitrogen and oxygen atoms in total. The molecule has 3 aromatic rings. The second-order valence-corrected chi connectivity index (χ2v) is 8.12. The zero-order valence-corrected chi connectivity index (χ0v) is 18.3. The van der Waals surface area contributed by atoms with E-state index >= 15 is 0 Å². The Balaban J connectivity index is 1.68. The molecule has 8 heteroatoms. The first kappa shape index (κ1) is 20.9. The van der Waals surface area contributed by atoms with Crippen LogP contribution in [0.4, 0.5) is 5.95 Å². The van der Waals surface area contributed by atoms with Crippen LogP contribution in [0.1, 0.15) is 41.4 Å². The largest absolute Gasteiger partial charge is 0.465 e. The van der Waals surface area contributed by atoms with Crippen LogP contribution in [-0.2, 0) is 15.3 Å². The van der Waals surface area contributed by atoms with Gasteiger partial charge in [0, 0.05) is 17.0 Å². The van der Waals surface area contributed by atoms with Crippen molar-refractivity contribution in [2.75, 3.05) is 12.4 Å². The topological polar surface area (TPSA) is 86.1 Å². The summed E-state index contributed by atoms with van der Waals surface area (Å²) in [5, 5.41) is 8.53. The number of nitrogens with one attached hydrogen (secondary N) is 1. The minimum absolute atomic E-state index is 0.0494. The number of carbonyl (C=O) groups excluding carboxylic acids is 2. The first-order valence-electron chi connectivity index (χ1n) is 9.78. The van der Waals surface area contributed by atoms with Gasteiger partial charge >= 0.3 is 5.97 Å². The van der Waals surface area contributed by atoms with Crippen LogP contribution in [0, 0.1) is 0 Å². The lowest BCUT2D eigenvalue weighted by Crippen LogP contribution is -2.27. The number of aromatic nitrogens is 3. The van der Waals surface area contributed by atoms with Gasteiger partial charge in [-0.2, -0.15) is 4.98 Å². The van der Waals surface area contributed by atoms with Crippen molar-refractivity contribution in [1.82, 2.24) is 14.8 Å². The summed E-state index contributed by atoms with van der Waals surface area (Å²) in [4.78, 5) is 28.9. The van der Waals surface area contributed by atoms with Crippen molar-refractivity contribution in [3.8, 4) is 0 Å². The van der Waals surface area contributed by atoms with Gasteiger partial charge in [-0.05, 0) is 37.1 Å². The van der Waals surface area contributed by atoms with Crippen molar-refractivity contribution >= 4 is 29.5 Å². The van der Waals surface area contributed by atoms with Crippen LogP contribution in [0.5, 0.6) is 0 Å². The van der Waals surface area contributed by atoms with Gasteiger partial charge in [-0.25, -0.2) is 9.48 Å². The van der Waals surface area contributed by atoms with Gasteiger partial charge in [-0.15, -0.1) is 5.10 Å². The Morgan fingerprint density at radius 3 is 2.48 bits per heavy atom. The second kappa shape index (κ2) is 8.77. The third kappa shape index (κ3) is 4.25. The number of fused-ring (bicyclic) bond motifs is 1. The fraction of sp³-hybridized carbons (Fsp3) is 0.217. The lowest BCUT2D eigenvalue weighted by atomic mass is 9.93. The molecule has 4 rings (SSSR count). The number of nitrogens with zero attached hydrogens (tertiary/aromatic N) is 3. The van der Waals surface area contributed by atoms with Crippen molar-refractivity contribution in [2.45, 2.75) is 30.8 Å². The highest BCUT2D eigenvalue weighted by Gasteiger charge is 2.32.